The molecule has 1 aromatic carbocycles. The number of benzene rings is 1. The van der Waals surface area contributed by atoms with Crippen molar-refractivity contribution in [2.75, 3.05) is 18.6 Å². The fraction of sp³-hybridized carbons (Fsp3) is 0.200. The van der Waals surface area contributed by atoms with Gasteiger partial charge in [0, 0.05) is 0 Å². The predicted octanol–water partition coefficient (Wildman–Crippen LogP) is 4.49. The minimum atomic E-state index is -1.05. The number of nitrogens with zero attached hydrogens (tertiary/aromatic N) is 2. The summed E-state index contributed by atoms with van der Waals surface area (Å²) in [5.41, 5.74) is 0.674. The van der Waals surface area contributed by atoms with Gasteiger partial charge in [-0.3, -0.25) is 14.5 Å². The largest absolute Gasteiger partial charge is 0.503 e. The first kappa shape index (κ1) is 24.0. The van der Waals surface area contributed by atoms with Crippen molar-refractivity contribution < 1.29 is 33.4 Å². The zero-order chi connectivity index (χ0) is 25.3. The third-order valence-electron chi connectivity index (χ3n) is 5.32. The molecule has 0 bridgehead atoms. The molecule has 3 heterocycles. The van der Waals surface area contributed by atoms with Crippen molar-refractivity contribution in [3.8, 4) is 5.75 Å². The molecule has 1 unspecified atom stereocenters. The summed E-state index contributed by atoms with van der Waals surface area (Å²) >= 11 is 0.928. The van der Waals surface area contributed by atoms with Gasteiger partial charge in [-0.05, 0) is 43.7 Å². The molecular formula is C25H22N2O7S. The van der Waals surface area contributed by atoms with Crippen LogP contribution in [0.3, 0.4) is 0 Å². The number of thiazole rings is 1. The van der Waals surface area contributed by atoms with Crippen LogP contribution in [0.15, 0.2) is 64.8 Å². The average Bonchev–Trinajstić information content (AvgIpc) is 3.53. The Labute approximate surface area is 204 Å². The number of carbonyl (C=O) groups is 3. The number of hydrogen-bond donors (Lipinski definition) is 1. The minimum Gasteiger partial charge on any atom is -0.503 e. The Bertz CT molecular complexity index is 1370. The predicted molar refractivity (Wildman–Crippen MR) is 128 cm³/mol. The lowest BCUT2D eigenvalue weighted by molar-refractivity contribution is -0.117. The minimum absolute atomic E-state index is 0.0201. The van der Waals surface area contributed by atoms with Crippen LogP contribution in [-0.2, 0) is 9.53 Å². The van der Waals surface area contributed by atoms with Crippen molar-refractivity contribution in [1.82, 2.24) is 4.98 Å². The van der Waals surface area contributed by atoms with Crippen LogP contribution in [0.2, 0.25) is 0 Å². The highest BCUT2D eigenvalue weighted by Gasteiger charge is 2.47. The van der Waals surface area contributed by atoms with Crippen molar-refractivity contribution in [3.05, 3.63) is 88.0 Å². The zero-order valence-corrected chi connectivity index (χ0v) is 20.0. The highest BCUT2D eigenvalue weighted by Crippen LogP contribution is 2.44. The van der Waals surface area contributed by atoms with E-state index < -0.39 is 29.5 Å². The van der Waals surface area contributed by atoms with Gasteiger partial charge in [-0.2, -0.15) is 0 Å². The number of anilines is 1. The summed E-state index contributed by atoms with van der Waals surface area (Å²) in [4.78, 5) is 44.7. The van der Waals surface area contributed by atoms with E-state index in [0.717, 1.165) is 11.3 Å². The molecule has 9 nitrogen and oxygen atoms in total. The van der Waals surface area contributed by atoms with E-state index in [1.54, 1.807) is 50.3 Å². The number of amides is 1. The molecule has 0 radical (unpaired) electrons. The van der Waals surface area contributed by atoms with Crippen LogP contribution in [0.5, 0.6) is 5.75 Å². The Kier molecular flexibility index (Phi) is 6.57. The number of ketones is 1. The van der Waals surface area contributed by atoms with Gasteiger partial charge < -0.3 is 19.0 Å². The van der Waals surface area contributed by atoms with Crippen molar-refractivity contribution >= 4 is 34.1 Å². The topological polar surface area (TPSA) is 119 Å². The fourth-order valence-corrected chi connectivity index (χ4v) is 4.75. The van der Waals surface area contributed by atoms with E-state index in [1.165, 1.54) is 18.1 Å². The average molecular weight is 495 g/mol. The molecule has 0 saturated carbocycles. The molecule has 0 spiro atoms. The molecule has 1 N–H and O–H groups in total. The summed E-state index contributed by atoms with van der Waals surface area (Å²) in [5, 5.41) is 11.0. The van der Waals surface area contributed by atoms with E-state index in [-0.39, 0.29) is 27.9 Å². The maximum atomic E-state index is 13.4. The summed E-state index contributed by atoms with van der Waals surface area (Å²) in [6.45, 7) is 7.18. The summed E-state index contributed by atoms with van der Waals surface area (Å²) in [6.07, 6.45) is 1.59. The second-order valence-electron chi connectivity index (χ2n) is 7.65. The quantitative estimate of drug-likeness (QED) is 0.276. The third kappa shape index (κ3) is 4.35. The van der Waals surface area contributed by atoms with E-state index in [9.17, 15) is 19.5 Å². The molecule has 0 saturated heterocycles. The summed E-state index contributed by atoms with van der Waals surface area (Å²) in [7, 11) is 1.25. The number of ether oxygens (including phenoxy) is 2. The molecule has 180 valence electrons. The number of Topliss-reactive ketones (excluding diaryl/α,β-unsaturated/α-hetero) is 1. The number of aryl methyl sites for hydroxylation is 2. The lowest BCUT2D eigenvalue weighted by atomic mass is 9.95. The van der Waals surface area contributed by atoms with Crippen molar-refractivity contribution in [2.45, 2.75) is 19.9 Å². The van der Waals surface area contributed by atoms with Crippen LogP contribution in [0, 0.1) is 13.8 Å². The van der Waals surface area contributed by atoms with Gasteiger partial charge in [-0.25, -0.2) is 9.78 Å². The Balaban J connectivity index is 1.87. The Morgan fingerprint density at radius 2 is 2.06 bits per heavy atom. The van der Waals surface area contributed by atoms with Gasteiger partial charge in [-0.1, -0.05) is 36.1 Å². The van der Waals surface area contributed by atoms with Gasteiger partial charge in [0.1, 0.15) is 23.0 Å². The molecule has 1 amide bonds. The first-order valence-electron chi connectivity index (χ1n) is 10.5. The number of rotatable bonds is 8. The highest BCUT2D eigenvalue weighted by molar-refractivity contribution is 7.17. The molecule has 0 aliphatic carbocycles. The van der Waals surface area contributed by atoms with Gasteiger partial charge in [0.25, 0.3) is 5.91 Å². The van der Waals surface area contributed by atoms with Crippen molar-refractivity contribution in [2.24, 2.45) is 0 Å². The number of hydrogen-bond acceptors (Lipinski definition) is 9. The highest BCUT2D eigenvalue weighted by atomic mass is 32.1. The van der Waals surface area contributed by atoms with Gasteiger partial charge >= 0.3 is 5.97 Å². The Morgan fingerprint density at radius 1 is 1.29 bits per heavy atom. The van der Waals surface area contributed by atoms with Crippen LogP contribution in [0.4, 0.5) is 5.13 Å². The number of carbonyl (C=O) groups excluding carboxylic acids is 3. The molecule has 2 aromatic heterocycles. The van der Waals surface area contributed by atoms with E-state index in [2.05, 4.69) is 11.6 Å². The monoisotopic (exact) mass is 494 g/mol. The molecule has 3 aromatic rings. The number of esters is 1. The second-order valence-corrected chi connectivity index (χ2v) is 8.63. The lowest BCUT2D eigenvalue weighted by Gasteiger charge is -2.24. The van der Waals surface area contributed by atoms with Crippen molar-refractivity contribution in [3.63, 3.8) is 0 Å². The van der Waals surface area contributed by atoms with E-state index in [4.69, 9.17) is 13.9 Å². The van der Waals surface area contributed by atoms with E-state index in [0.29, 0.717) is 22.8 Å². The van der Waals surface area contributed by atoms with Crippen LogP contribution >= 0.6 is 11.3 Å². The van der Waals surface area contributed by atoms with Crippen LogP contribution in [0.25, 0.3) is 0 Å². The third-order valence-corrected chi connectivity index (χ3v) is 6.46. The molecule has 4 rings (SSSR count). The number of aliphatic hydroxyl groups excluding tert-OH is 1. The van der Waals surface area contributed by atoms with Gasteiger partial charge in [-0.15, -0.1) is 0 Å². The first-order chi connectivity index (χ1) is 16.8. The SMILES string of the molecule is C=CCOc1cccc(C2C(C(=O)c3ccc(C)o3)=C(O)C(=O)N2c2nc(C)c(C(=O)OC)s2)c1. The Morgan fingerprint density at radius 3 is 2.71 bits per heavy atom. The lowest BCUT2D eigenvalue weighted by Crippen LogP contribution is -2.31. The summed E-state index contributed by atoms with van der Waals surface area (Å²) in [6, 6.07) is 8.83. The fourth-order valence-electron chi connectivity index (χ4n) is 3.74. The maximum Gasteiger partial charge on any atom is 0.350 e. The molecule has 1 atom stereocenters. The molecule has 35 heavy (non-hydrogen) atoms. The Hall–Kier alpha value is -4.18. The van der Waals surface area contributed by atoms with E-state index in [1.807, 2.05) is 0 Å². The standard InChI is InChI=1S/C25H22N2O7S/c1-5-11-33-16-8-6-7-15(12-16)19-18(20(28)17-10-9-13(2)34-17)21(29)23(30)27(19)25-26-14(3)22(35-25)24(31)32-4/h5-10,12,19,29H,1,11H2,2-4H3. The molecular weight excluding hydrogens is 472 g/mol. The van der Waals surface area contributed by atoms with Gasteiger partial charge in [0.2, 0.25) is 5.78 Å². The second kappa shape index (κ2) is 9.59. The maximum absolute atomic E-state index is 13.4. The summed E-state index contributed by atoms with van der Waals surface area (Å²) in [5.74, 6) is -1.84. The van der Waals surface area contributed by atoms with Crippen LogP contribution < -0.4 is 9.64 Å². The van der Waals surface area contributed by atoms with Crippen molar-refractivity contribution in [1.29, 1.82) is 0 Å². The molecule has 1 aliphatic rings. The summed E-state index contributed by atoms with van der Waals surface area (Å²) < 4.78 is 15.9. The molecule has 10 heteroatoms. The van der Waals surface area contributed by atoms with Crippen LogP contribution in [-0.4, -0.2) is 41.5 Å². The first-order valence-corrected chi connectivity index (χ1v) is 11.4. The number of methoxy groups -OCH3 is 1. The number of furan rings is 1. The molecule has 1 aliphatic heterocycles. The van der Waals surface area contributed by atoms with Gasteiger partial charge in [0.15, 0.2) is 16.7 Å². The number of aromatic nitrogens is 1. The zero-order valence-electron chi connectivity index (χ0n) is 19.2. The number of aliphatic hydroxyl groups is 1. The van der Waals surface area contributed by atoms with Gasteiger partial charge in [0.05, 0.1) is 24.4 Å². The normalized spacial score (nSPS) is 15.5. The van der Waals surface area contributed by atoms with E-state index >= 15 is 0 Å². The van der Waals surface area contributed by atoms with Crippen LogP contribution in [0.1, 0.15) is 43.3 Å². The smallest absolute Gasteiger partial charge is 0.350 e. The molecule has 0 fully saturated rings.